The molecule has 0 bridgehead atoms. The third-order valence-corrected chi connectivity index (χ3v) is 3.80. The quantitative estimate of drug-likeness (QED) is 0.807. The van der Waals surface area contributed by atoms with E-state index < -0.39 is 0 Å². The minimum atomic E-state index is 0.379. The van der Waals surface area contributed by atoms with Crippen LogP contribution in [0.3, 0.4) is 0 Å². The zero-order valence-electron chi connectivity index (χ0n) is 12.6. The first-order valence-electron chi connectivity index (χ1n) is 6.97. The highest BCUT2D eigenvalue weighted by Crippen LogP contribution is 2.23. The van der Waals surface area contributed by atoms with E-state index in [1.54, 1.807) is 0 Å². The summed E-state index contributed by atoms with van der Waals surface area (Å²) >= 11 is 0. The Morgan fingerprint density at radius 2 is 2.06 bits per heavy atom. The molecule has 0 saturated carbocycles. The van der Waals surface area contributed by atoms with Crippen molar-refractivity contribution in [2.24, 2.45) is 5.41 Å². The van der Waals surface area contributed by atoms with Crippen LogP contribution in [0, 0.1) is 5.41 Å². The highest BCUT2D eigenvalue weighted by Gasteiger charge is 2.32. The monoisotopic (exact) mass is 241 g/mol. The van der Waals surface area contributed by atoms with Gasteiger partial charge in [-0.3, -0.25) is 4.90 Å². The molecule has 0 spiro atoms. The van der Waals surface area contributed by atoms with Gasteiger partial charge in [0.05, 0.1) is 0 Å². The van der Waals surface area contributed by atoms with E-state index in [2.05, 4.69) is 56.9 Å². The summed E-state index contributed by atoms with van der Waals surface area (Å²) in [4.78, 5) is 5.01. The number of rotatable bonds is 4. The molecule has 2 atom stereocenters. The Balaban J connectivity index is 2.77. The van der Waals surface area contributed by atoms with Crippen LogP contribution in [0.25, 0.3) is 0 Å². The summed E-state index contributed by atoms with van der Waals surface area (Å²) in [6, 6.07) is 1.32. The van der Waals surface area contributed by atoms with E-state index in [0.29, 0.717) is 17.5 Å². The Kier molecular flexibility index (Phi) is 5.42. The predicted molar refractivity (Wildman–Crippen MR) is 75.5 cm³/mol. The predicted octanol–water partition coefficient (Wildman–Crippen LogP) is 1.65. The molecular formula is C14H31N3. The molecule has 102 valence electrons. The molecule has 1 N–H and O–H groups in total. The van der Waals surface area contributed by atoms with E-state index in [1.165, 1.54) is 13.0 Å². The molecule has 0 radical (unpaired) electrons. The highest BCUT2D eigenvalue weighted by atomic mass is 15.3. The van der Waals surface area contributed by atoms with Gasteiger partial charge in [-0.2, -0.15) is 0 Å². The summed E-state index contributed by atoms with van der Waals surface area (Å²) < 4.78 is 0. The maximum Gasteiger partial charge on any atom is 0.0350 e. The molecule has 0 aromatic rings. The van der Waals surface area contributed by atoms with E-state index in [-0.39, 0.29) is 0 Å². The summed E-state index contributed by atoms with van der Waals surface area (Å²) in [5, 5.41) is 3.63. The van der Waals surface area contributed by atoms with Crippen molar-refractivity contribution in [1.29, 1.82) is 0 Å². The Labute approximate surface area is 108 Å². The summed E-state index contributed by atoms with van der Waals surface area (Å²) in [7, 11) is 4.34. The van der Waals surface area contributed by atoms with Crippen LogP contribution in [-0.2, 0) is 0 Å². The summed E-state index contributed by atoms with van der Waals surface area (Å²) in [6.45, 7) is 14.0. The van der Waals surface area contributed by atoms with Crippen LogP contribution in [-0.4, -0.2) is 62.2 Å². The second-order valence-corrected chi connectivity index (χ2v) is 6.64. The standard InChI is InChI=1S/C14H31N3/c1-7-12(2)17-11-14(3,4)10-15-8-13(17)9-16(5)6/h12-13,15H,7-11H2,1-6H3. The van der Waals surface area contributed by atoms with Gasteiger partial charge in [-0.05, 0) is 32.9 Å². The van der Waals surface area contributed by atoms with Gasteiger partial charge in [-0.25, -0.2) is 0 Å². The lowest BCUT2D eigenvalue weighted by Crippen LogP contribution is -2.50. The van der Waals surface area contributed by atoms with Crippen molar-refractivity contribution in [3.05, 3.63) is 0 Å². The lowest BCUT2D eigenvalue weighted by Gasteiger charge is -2.39. The first-order valence-corrected chi connectivity index (χ1v) is 6.97. The third kappa shape index (κ3) is 4.57. The van der Waals surface area contributed by atoms with E-state index in [0.717, 1.165) is 19.6 Å². The van der Waals surface area contributed by atoms with E-state index in [9.17, 15) is 0 Å². The van der Waals surface area contributed by atoms with Crippen molar-refractivity contribution in [1.82, 2.24) is 15.1 Å². The molecule has 0 aromatic heterocycles. The Morgan fingerprint density at radius 1 is 1.41 bits per heavy atom. The molecule has 1 rings (SSSR count). The zero-order valence-corrected chi connectivity index (χ0v) is 12.6. The van der Waals surface area contributed by atoms with Crippen molar-refractivity contribution in [3.8, 4) is 0 Å². The number of hydrogen-bond acceptors (Lipinski definition) is 3. The minimum Gasteiger partial charge on any atom is -0.315 e. The first-order chi connectivity index (χ1) is 7.85. The van der Waals surface area contributed by atoms with Crippen molar-refractivity contribution in [2.45, 2.75) is 46.2 Å². The second kappa shape index (κ2) is 6.17. The summed E-state index contributed by atoms with van der Waals surface area (Å²) in [5.41, 5.74) is 0.379. The third-order valence-electron chi connectivity index (χ3n) is 3.80. The molecule has 17 heavy (non-hydrogen) atoms. The van der Waals surface area contributed by atoms with Gasteiger partial charge < -0.3 is 10.2 Å². The number of nitrogens with zero attached hydrogens (tertiary/aromatic N) is 2. The lowest BCUT2D eigenvalue weighted by atomic mass is 9.92. The molecule has 1 aliphatic rings. The van der Waals surface area contributed by atoms with Gasteiger partial charge in [0.25, 0.3) is 0 Å². The number of nitrogens with one attached hydrogen (secondary N) is 1. The fraction of sp³-hybridized carbons (Fsp3) is 1.00. The molecule has 3 nitrogen and oxygen atoms in total. The van der Waals surface area contributed by atoms with E-state index >= 15 is 0 Å². The van der Waals surface area contributed by atoms with Gasteiger partial charge in [0.15, 0.2) is 0 Å². The molecule has 2 unspecified atom stereocenters. The van der Waals surface area contributed by atoms with Crippen LogP contribution in [0.15, 0.2) is 0 Å². The molecule has 0 aliphatic carbocycles. The molecule has 1 fully saturated rings. The van der Waals surface area contributed by atoms with Gasteiger partial charge >= 0.3 is 0 Å². The van der Waals surface area contributed by atoms with Crippen LogP contribution in [0.4, 0.5) is 0 Å². The van der Waals surface area contributed by atoms with Crippen molar-refractivity contribution in [2.75, 3.05) is 40.3 Å². The molecular weight excluding hydrogens is 210 g/mol. The van der Waals surface area contributed by atoms with Crippen LogP contribution in [0.1, 0.15) is 34.1 Å². The molecule has 3 heteroatoms. The first kappa shape index (κ1) is 14.9. The molecule has 0 amide bonds. The van der Waals surface area contributed by atoms with Crippen LogP contribution in [0.5, 0.6) is 0 Å². The lowest BCUT2D eigenvalue weighted by molar-refractivity contribution is 0.0936. The fourth-order valence-corrected chi connectivity index (χ4v) is 2.71. The summed E-state index contributed by atoms with van der Waals surface area (Å²) in [5.74, 6) is 0. The molecule has 1 aliphatic heterocycles. The maximum atomic E-state index is 3.63. The largest absolute Gasteiger partial charge is 0.315 e. The zero-order chi connectivity index (χ0) is 13.1. The molecule has 1 saturated heterocycles. The smallest absolute Gasteiger partial charge is 0.0350 e. The maximum absolute atomic E-state index is 3.63. The van der Waals surface area contributed by atoms with Gasteiger partial charge in [-0.1, -0.05) is 20.8 Å². The van der Waals surface area contributed by atoms with E-state index in [1.807, 2.05) is 0 Å². The number of hydrogen-bond donors (Lipinski definition) is 1. The van der Waals surface area contributed by atoms with E-state index in [4.69, 9.17) is 0 Å². The average Bonchev–Trinajstić information content (AvgIpc) is 2.36. The highest BCUT2D eigenvalue weighted by molar-refractivity contribution is 4.89. The molecule has 1 heterocycles. The van der Waals surface area contributed by atoms with Crippen LogP contribution < -0.4 is 5.32 Å². The topological polar surface area (TPSA) is 18.5 Å². The van der Waals surface area contributed by atoms with Crippen molar-refractivity contribution in [3.63, 3.8) is 0 Å². The van der Waals surface area contributed by atoms with Gasteiger partial charge in [-0.15, -0.1) is 0 Å². The average molecular weight is 241 g/mol. The van der Waals surface area contributed by atoms with Crippen LogP contribution in [0.2, 0.25) is 0 Å². The Hall–Kier alpha value is -0.120. The van der Waals surface area contributed by atoms with Gasteiger partial charge in [0, 0.05) is 38.3 Å². The fourth-order valence-electron chi connectivity index (χ4n) is 2.71. The van der Waals surface area contributed by atoms with Gasteiger partial charge in [0.1, 0.15) is 0 Å². The SMILES string of the molecule is CCC(C)N1CC(C)(C)CNCC1CN(C)C. The minimum absolute atomic E-state index is 0.379. The summed E-state index contributed by atoms with van der Waals surface area (Å²) in [6.07, 6.45) is 1.24. The normalized spacial score (nSPS) is 28.1. The second-order valence-electron chi connectivity index (χ2n) is 6.64. The van der Waals surface area contributed by atoms with Crippen molar-refractivity contribution >= 4 is 0 Å². The number of likely N-dealkylation sites (N-methyl/N-ethyl adjacent to an activating group) is 1. The Bertz CT molecular complexity index is 226. The van der Waals surface area contributed by atoms with Gasteiger partial charge in [0.2, 0.25) is 0 Å². The molecule has 0 aromatic carbocycles. The van der Waals surface area contributed by atoms with Crippen molar-refractivity contribution < 1.29 is 0 Å². The van der Waals surface area contributed by atoms with Crippen LogP contribution >= 0.6 is 0 Å². The Morgan fingerprint density at radius 3 is 2.59 bits per heavy atom.